The van der Waals surface area contributed by atoms with Gasteiger partial charge in [-0.15, -0.1) is 11.3 Å². The lowest BCUT2D eigenvalue weighted by Gasteiger charge is -2.29. The van der Waals surface area contributed by atoms with Gasteiger partial charge in [0, 0.05) is 17.5 Å². The summed E-state index contributed by atoms with van der Waals surface area (Å²) in [6, 6.07) is 13.0. The summed E-state index contributed by atoms with van der Waals surface area (Å²) in [4.78, 5) is 18.9. The smallest absolute Gasteiger partial charge is 0.277 e. The number of benzene rings is 2. The topological polar surface area (TPSA) is 33.2 Å². The number of hydrogen-bond donors (Lipinski definition) is 0. The third-order valence-electron chi connectivity index (χ3n) is 4.44. The number of aromatic nitrogens is 1. The number of thiazole rings is 1. The van der Waals surface area contributed by atoms with Crippen LogP contribution >= 0.6 is 11.3 Å². The number of para-hydroxylation sites is 1. The molecule has 0 saturated heterocycles. The van der Waals surface area contributed by atoms with Crippen molar-refractivity contribution in [2.45, 2.75) is 19.8 Å². The van der Waals surface area contributed by atoms with Gasteiger partial charge >= 0.3 is 0 Å². The molecule has 1 amide bonds. The summed E-state index contributed by atoms with van der Waals surface area (Å²) in [5.41, 5.74) is 3.82. The van der Waals surface area contributed by atoms with Crippen LogP contribution in [0.2, 0.25) is 0 Å². The van der Waals surface area contributed by atoms with Gasteiger partial charge in [-0.2, -0.15) is 0 Å². The van der Waals surface area contributed by atoms with Crippen molar-refractivity contribution in [3.05, 3.63) is 70.5 Å². The van der Waals surface area contributed by atoms with E-state index in [0.29, 0.717) is 17.9 Å². The van der Waals surface area contributed by atoms with Gasteiger partial charge in [-0.1, -0.05) is 42.0 Å². The van der Waals surface area contributed by atoms with Crippen molar-refractivity contribution in [3.63, 3.8) is 0 Å². The highest BCUT2D eigenvalue weighted by Crippen LogP contribution is 2.32. The summed E-state index contributed by atoms with van der Waals surface area (Å²) in [7, 11) is 0. The van der Waals surface area contributed by atoms with Crippen LogP contribution in [0.1, 0.15) is 28.0 Å². The second-order valence-corrected chi connectivity index (χ2v) is 7.07. The first kappa shape index (κ1) is 16.0. The molecule has 0 bridgehead atoms. The molecule has 0 spiro atoms. The highest BCUT2D eigenvalue weighted by Gasteiger charge is 2.27. The Kier molecular flexibility index (Phi) is 4.09. The van der Waals surface area contributed by atoms with Crippen LogP contribution < -0.4 is 4.90 Å². The van der Waals surface area contributed by atoms with Crippen LogP contribution in [0.4, 0.5) is 10.1 Å². The molecule has 0 atom stereocenters. The fourth-order valence-corrected chi connectivity index (χ4v) is 3.95. The molecule has 0 fully saturated rings. The van der Waals surface area contributed by atoms with Gasteiger partial charge in [0.25, 0.3) is 5.91 Å². The Morgan fingerprint density at radius 2 is 2.00 bits per heavy atom. The van der Waals surface area contributed by atoms with Gasteiger partial charge in [-0.05, 0) is 31.4 Å². The molecule has 0 saturated carbocycles. The molecule has 2 heterocycles. The van der Waals surface area contributed by atoms with E-state index in [4.69, 9.17) is 0 Å². The number of hydrogen-bond acceptors (Lipinski definition) is 3. The number of carbonyl (C=O) groups is 1. The fourth-order valence-electron chi connectivity index (χ4n) is 3.15. The summed E-state index contributed by atoms with van der Waals surface area (Å²) < 4.78 is 14.3. The Morgan fingerprint density at radius 3 is 2.80 bits per heavy atom. The second kappa shape index (κ2) is 6.41. The van der Waals surface area contributed by atoms with Crippen molar-refractivity contribution in [2.75, 3.05) is 11.4 Å². The quantitative estimate of drug-likeness (QED) is 0.660. The predicted molar refractivity (Wildman–Crippen MR) is 98.7 cm³/mol. The highest BCUT2D eigenvalue weighted by molar-refractivity contribution is 7.13. The maximum Gasteiger partial charge on any atom is 0.277 e. The fraction of sp³-hybridized carbons (Fsp3) is 0.200. The number of nitrogens with zero attached hydrogens (tertiary/aromatic N) is 2. The zero-order valence-corrected chi connectivity index (χ0v) is 14.6. The SMILES string of the molecule is Cc1ccc(-c2nc(C(=O)N3CCCc4cccc(F)c43)cs2)cc1. The van der Waals surface area contributed by atoms with Gasteiger partial charge in [0.2, 0.25) is 0 Å². The molecule has 2 aromatic carbocycles. The van der Waals surface area contributed by atoms with Crippen LogP contribution in [0.3, 0.4) is 0 Å². The minimum absolute atomic E-state index is 0.235. The van der Waals surface area contributed by atoms with Crippen LogP contribution in [0.5, 0.6) is 0 Å². The molecule has 1 aliphatic rings. The molecule has 1 aliphatic heterocycles. The van der Waals surface area contributed by atoms with E-state index >= 15 is 0 Å². The first-order valence-corrected chi connectivity index (χ1v) is 9.13. The molecule has 3 nitrogen and oxygen atoms in total. The van der Waals surface area contributed by atoms with Gasteiger partial charge in [0.05, 0.1) is 5.69 Å². The van der Waals surface area contributed by atoms with Gasteiger partial charge in [-0.25, -0.2) is 9.37 Å². The molecule has 0 radical (unpaired) electrons. The predicted octanol–water partition coefficient (Wildman–Crippen LogP) is 4.85. The number of rotatable bonds is 2. The summed E-state index contributed by atoms with van der Waals surface area (Å²) in [6.07, 6.45) is 1.62. The molecule has 0 N–H and O–H groups in total. The summed E-state index contributed by atoms with van der Waals surface area (Å²) >= 11 is 1.43. The van der Waals surface area contributed by atoms with Gasteiger partial charge in [-0.3, -0.25) is 4.79 Å². The van der Waals surface area contributed by atoms with Crippen molar-refractivity contribution < 1.29 is 9.18 Å². The third-order valence-corrected chi connectivity index (χ3v) is 5.33. The zero-order chi connectivity index (χ0) is 17.4. The molecule has 3 aromatic rings. The number of halogens is 1. The molecule has 126 valence electrons. The van der Waals surface area contributed by atoms with Crippen LogP contribution in [0.15, 0.2) is 47.8 Å². The van der Waals surface area contributed by atoms with Crippen LogP contribution in [0, 0.1) is 12.7 Å². The maximum atomic E-state index is 14.3. The second-order valence-electron chi connectivity index (χ2n) is 6.21. The van der Waals surface area contributed by atoms with Gasteiger partial charge < -0.3 is 4.90 Å². The summed E-state index contributed by atoms with van der Waals surface area (Å²) in [6.45, 7) is 2.55. The lowest BCUT2D eigenvalue weighted by Crippen LogP contribution is -2.36. The van der Waals surface area contributed by atoms with E-state index in [9.17, 15) is 9.18 Å². The Hall–Kier alpha value is -2.53. The van der Waals surface area contributed by atoms with Crippen molar-refractivity contribution in [1.82, 2.24) is 4.98 Å². The highest BCUT2D eigenvalue weighted by atomic mass is 32.1. The summed E-state index contributed by atoms with van der Waals surface area (Å²) in [5.74, 6) is -0.583. The van der Waals surface area contributed by atoms with E-state index in [2.05, 4.69) is 4.98 Å². The molecule has 1 aromatic heterocycles. The number of amides is 1. The Morgan fingerprint density at radius 1 is 1.20 bits per heavy atom. The number of fused-ring (bicyclic) bond motifs is 1. The first-order chi connectivity index (χ1) is 12.1. The lowest BCUT2D eigenvalue weighted by molar-refractivity contribution is 0.0980. The Labute approximate surface area is 149 Å². The van der Waals surface area contributed by atoms with Crippen molar-refractivity contribution in [3.8, 4) is 10.6 Å². The minimum Gasteiger partial charge on any atom is -0.304 e. The number of anilines is 1. The largest absolute Gasteiger partial charge is 0.304 e. The monoisotopic (exact) mass is 352 g/mol. The molecule has 4 rings (SSSR count). The standard InChI is InChI=1S/C20H17FN2OS/c1-13-7-9-15(10-8-13)19-22-17(12-25-19)20(24)23-11-3-5-14-4-2-6-16(21)18(14)23/h2,4,6-10,12H,3,5,11H2,1H3. The molecule has 0 unspecified atom stereocenters. The maximum absolute atomic E-state index is 14.3. The van der Waals surface area contributed by atoms with Gasteiger partial charge in [0.15, 0.2) is 0 Å². The van der Waals surface area contributed by atoms with E-state index in [1.807, 2.05) is 37.3 Å². The molecule has 0 aliphatic carbocycles. The Balaban J connectivity index is 1.66. The third kappa shape index (κ3) is 2.96. The van der Waals surface area contributed by atoms with Crippen molar-refractivity contribution in [1.29, 1.82) is 0 Å². The first-order valence-electron chi connectivity index (χ1n) is 8.25. The molecule has 25 heavy (non-hydrogen) atoms. The Bertz CT molecular complexity index is 933. The van der Waals surface area contributed by atoms with Crippen LogP contribution in [-0.4, -0.2) is 17.4 Å². The van der Waals surface area contributed by atoms with Gasteiger partial charge in [0.1, 0.15) is 16.5 Å². The number of aryl methyl sites for hydroxylation is 2. The van der Waals surface area contributed by atoms with E-state index < -0.39 is 0 Å². The zero-order valence-electron chi connectivity index (χ0n) is 13.8. The minimum atomic E-state index is -0.348. The van der Waals surface area contributed by atoms with E-state index in [1.54, 1.807) is 11.4 Å². The van der Waals surface area contributed by atoms with E-state index in [-0.39, 0.29) is 11.7 Å². The normalized spacial score (nSPS) is 13.6. The average molecular weight is 352 g/mol. The van der Waals surface area contributed by atoms with E-state index in [1.165, 1.54) is 27.9 Å². The number of carbonyl (C=O) groups excluding carboxylic acids is 1. The van der Waals surface area contributed by atoms with Crippen molar-refractivity contribution in [2.24, 2.45) is 0 Å². The molecular weight excluding hydrogens is 335 g/mol. The van der Waals surface area contributed by atoms with E-state index in [0.717, 1.165) is 29.0 Å². The van der Waals surface area contributed by atoms with Crippen LogP contribution in [-0.2, 0) is 6.42 Å². The molecular formula is C20H17FN2OS. The molecule has 5 heteroatoms. The van der Waals surface area contributed by atoms with Crippen molar-refractivity contribution >= 4 is 22.9 Å². The average Bonchev–Trinajstić information content (AvgIpc) is 3.11. The van der Waals surface area contributed by atoms with Crippen LogP contribution in [0.25, 0.3) is 10.6 Å². The lowest BCUT2D eigenvalue weighted by atomic mass is 10.0. The summed E-state index contributed by atoms with van der Waals surface area (Å²) in [5, 5.41) is 2.56.